The van der Waals surface area contributed by atoms with Gasteiger partial charge in [-0.3, -0.25) is 14.5 Å². The van der Waals surface area contributed by atoms with Crippen LogP contribution in [0.4, 0.5) is 0 Å². The summed E-state index contributed by atoms with van der Waals surface area (Å²) in [4.78, 5) is 30.1. The summed E-state index contributed by atoms with van der Waals surface area (Å²) in [7, 11) is 3.08. The monoisotopic (exact) mass is 452 g/mol. The Kier molecular flexibility index (Phi) is 6.96. The van der Waals surface area contributed by atoms with Gasteiger partial charge in [-0.15, -0.1) is 0 Å². The van der Waals surface area contributed by atoms with Crippen LogP contribution >= 0.6 is 0 Å². The van der Waals surface area contributed by atoms with E-state index in [1.165, 1.54) is 12.0 Å². The molecule has 1 N–H and O–H groups in total. The van der Waals surface area contributed by atoms with Gasteiger partial charge in [0.05, 0.1) is 39.0 Å². The molecule has 2 heterocycles. The van der Waals surface area contributed by atoms with Gasteiger partial charge in [0, 0.05) is 43.4 Å². The maximum Gasteiger partial charge on any atom is 0.295 e. The Labute approximate surface area is 193 Å². The number of Topliss-reactive ketones (excluding diaryl/α,β-unsaturated/α-hetero) is 1. The lowest BCUT2D eigenvalue weighted by Crippen LogP contribution is -2.42. The van der Waals surface area contributed by atoms with Gasteiger partial charge >= 0.3 is 0 Å². The van der Waals surface area contributed by atoms with Crippen molar-refractivity contribution in [3.63, 3.8) is 0 Å². The molecule has 0 saturated carbocycles. The molecule has 0 spiro atoms. The van der Waals surface area contributed by atoms with Crippen LogP contribution in [0.25, 0.3) is 5.76 Å². The summed E-state index contributed by atoms with van der Waals surface area (Å²) in [6.45, 7) is 3.74. The first-order valence-corrected chi connectivity index (χ1v) is 10.9. The number of methoxy groups -OCH3 is 2. The first-order chi connectivity index (χ1) is 16.0. The SMILES string of the molecule is COc1ccc([C@H]2/C(=C(/O)c3ccccc3)C(=O)C(=O)N2CCN2CCOCC2)c(OC)c1. The number of aliphatic hydroxyl groups is 1. The number of amides is 1. The summed E-state index contributed by atoms with van der Waals surface area (Å²) in [5.41, 5.74) is 1.13. The van der Waals surface area contributed by atoms with Crippen LogP contribution in [0.3, 0.4) is 0 Å². The van der Waals surface area contributed by atoms with Gasteiger partial charge < -0.3 is 24.2 Å². The fraction of sp³-hybridized carbons (Fsp3) is 0.360. The first kappa shape index (κ1) is 22.8. The minimum Gasteiger partial charge on any atom is -0.507 e. The highest BCUT2D eigenvalue weighted by Crippen LogP contribution is 2.43. The molecule has 0 aliphatic carbocycles. The third-order valence-corrected chi connectivity index (χ3v) is 6.08. The third kappa shape index (κ3) is 4.58. The van der Waals surface area contributed by atoms with E-state index in [2.05, 4.69) is 4.90 Å². The fourth-order valence-corrected chi connectivity index (χ4v) is 4.30. The van der Waals surface area contributed by atoms with Crippen LogP contribution in [0.1, 0.15) is 17.2 Å². The lowest BCUT2D eigenvalue weighted by atomic mass is 9.94. The number of hydrogen-bond donors (Lipinski definition) is 1. The highest BCUT2D eigenvalue weighted by atomic mass is 16.5. The Morgan fingerprint density at radius 2 is 1.76 bits per heavy atom. The molecule has 1 atom stereocenters. The molecular weight excluding hydrogens is 424 g/mol. The Morgan fingerprint density at radius 3 is 2.42 bits per heavy atom. The van der Waals surface area contributed by atoms with Crippen molar-refractivity contribution in [3.8, 4) is 11.5 Å². The summed E-state index contributed by atoms with van der Waals surface area (Å²) in [5, 5.41) is 11.1. The van der Waals surface area contributed by atoms with E-state index in [9.17, 15) is 14.7 Å². The molecule has 8 heteroatoms. The second kappa shape index (κ2) is 10.1. The fourth-order valence-electron chi connectivity index (χ4n) is 4.30. The Balaban J connectivity index is 1.79. The normalized spacial score (nSPS) is 20.8. The Hall–Kier alpha value is -3.36. The molecular formula is C25H28N2O6. The highest BCUT2D eigenvalue weighted by molar-refractivity contribution is 6.46. The number of carbonyl (C=O) groups is 2. The topological polar surface area (TPSA) is 88.5 Å². The minimum atomic E-state index is -0.785. The van der Waals surface area contributed by atoms with Crippen molar-refractivity contribution >= 4 is 17.4 Å². The number of morpholine rings is 1. The van der Waals surface area contributed by atoms with Crippen molar-refractivity contribution in [2.45, 2.75) is 6.04 Å². The molecule has 0 radical (unpaired) electrons. The van der Waals surface area contributed by atoms with Gasteiger partial charge in [0.15, 0.2) is 0 Å². The van der Waals surface area contributed by atoms with E-state index >= 15 is 0 Å². The van der Waals surface area contributed by atoms with E-state index in [0.717, 1.165) is 13.1 Å². The predicted octanol–water partition coefficient (Wildman–Crippen LogP) is 2.46. The molecule has 1 amide bonds. The number of ether oxygens (including phenoxy) is 3. The molecule has 8 nitrogen and oxygen atoms in total. The number of likely N-dealkylation sites (tertiary alicyclic amines) is 1. The highest BCUT2D eigenvalue weighted by Gasteiger charge is 2.47. The van der Waals surface area contributed by atoms with Gasteiger partial charge in [-0.25, -0.2) is 0 Å². The standard InChI is InChI=1S/C25H28N2O6/c1-31-18-8-9-19(20(16-18)32-2)22-21(23(28)17-6-4-3-5-7-17)24(29)25(30)27(22)11-10-26-12-14-33-15-13-26/h3-9,16,22,28H,10-15H2,1-2H3/b23-21-/t22-/m0/s1. The molecule has 2 aromatic carbocycles. The van der Waals surface area contributed by atoms with Crippen LogP contribution in [0.2, 0.25) is 0 Å². The molecule has 2 aliphatic rings. The number of ketones is 1. The molecule has 0 aromatic heterocycles. The summed E-state index contributed by atoms with van der Waals surface area (Å²) in [6, 6.07) is 13.2. The van der Waals surface area contributed by atoms with Gasteiger partial charge in [-0.05, 0) is 12.1 Å². The van der Waals surface area contributed by atoms with Crippen molar-refractivity contribution in [1.29, 1.82) is 0 Å². The Morgan fingerprint density at radius 1 is 1.03 bits per heavy atom. The summed E-state index contributed by atoms with van der Waals surface area (Å²) >= 11 is 0. The smallest absolute Gasteiger partial charge is 0.295 e. The van der Waals surface area contributed by atoms with Crippen LogP contribution in [0.15, 0.2) is 54.1 Å². The van der Waals surface area contributed by atoms with Crippen molar-refractivity contribution in [2.24, 2.45) is 0 Å². The maximum absolute atomic E-state index is 13.2. The van der Waals surface area contributed by atoms with Crippen molar-refractivity contribution in [1.82, 2.24) is 9.80 Å². The molecule has 0 unspecified atom stereocenters. The molecule has 33 heavy (non-hydrogen) atoms. The van der Waals surface area contributed by atoms with E-state index in [1.807, 2.05) is 6.07 Å². The minimum absolute atomic E-state index is 0.0524. The van der Waals surface area contributed by atoms with Gasteiger partial charge in [-0.1, -0.05) is 30.3 Å². The summed E-state index contributed by atoms with van der Waals surface area (Å²) in [6.07, 6.45) is 0. The lowest BCUT2D eigenvalue weighted by molar-refractivity contribution is -0.140. The number of rotatable bonds is 7. The molecule has 2 fully saturated rings. The molecule has 2 aliphatic heterocycles. The van der Waals surface area contributed by atoms with Gasteiger partial charge in [-0.2, -0.15) is 0 Å². The second-order valence-corrected chi connectivity index (χ2v) is 7.92. The average Bonchev–Trinajstić information content (AvgIpc) is 3.12. The van der Waals surface area contributed by atoms with Crippen LogP contribution in [-0.2, 0) is 14.3 Å². The van der Waals surface area contributed by atoms with Gasteiger partial charge in [0.1, 0.15) is 17.3 Å². The molecule has 174 valence electrons. The van der Waals surface area contributed by atoms with Gasteiger partial charge in [0.2, 0.25) is 0 Å². The van der Waals surface area contributed by atoms with Crippen molar-refractivity contribution in [3.05, 3.63) is 65.2 Å². The number of nitrogens with zero attached hydrogens (tertiary/aromatic N) is 2. The number of carbonyl (C=O) groups excluding carboxylic acids is 2. The van der Waals surface area contributed by atoms with E-state index in [1.54, 1.807) is 49.6 Å². The maximum atomic E-state index is 13.2. The zero-order chi connectivity index (χ0) is 23.4. The quantitative estimate of drug-likeness (QED) is 0.392. The van der Waals surface area contributed by atoms with Gasteiger partial charge in [0.25, 0.3) is 11.7 Å². The first-order valence-electron chi connectivity index (χ1n) is 10.9. The third-order valence-electron chi connectivity index (χ3n) is 6.08. The number of hydrogen-bond acceptors (Lipinski definition) is 7. The summed E-state index contributed by atoms with van der Waals surface area (Å²) in [5.74, 6) is -0.490. The van der Waals surface area contributed by atoms with Crippen LogP contribution in [-0.4, -0.2) is 80.2 Å². The van der Waals surface area contributed by atoms with E-state index in [-0.39, 0.29) is 11.3 Å². The zero-order valence-corrected chi connectivity index (χ0v) is 18.8. The zero-order valence-electron chi connectivity index (χ0n) is 18.8. The van der Waals surface area contributed by atoms with E-state index < -0.39 is 17.7 Å². The number of aliphatic hydroxyl groups excluding tert-OH is 1. The van der Waals surface area contributed by atoms with E-state index in [0.29, 0.717) is 48.9 Å². The van der Waals surface area contributed by atoms with Crippen molar-refractivity contribution < 1.29 is 28.9 Å². The van der Waals surface area contributed by atoms with Crippen LogP contribution in [0.5, 0.6) is 11.5 Å². The lowest BCUT2D eigenvalue weighted by Gasteiger charge is -2.31. The molecule has 4 rings (SSSR count). The van der Waals surface area contributed by atoms with Crippen molar-refractivity contribution in [2.75, 3.05) is 53.6 Å². The molecule has 0 bridgehead atoms. The average molecular weight is 453 g/mol. The van der Waals surface area contributed by atoms with Crippen LogP contribution < -0.4 is 9.47 Å². The van der Waals surface area contributed by atoms with E-state index in [4.69, 9.17) is 14.2 Å². The molecule has 2 aromatic rings. The number of benzene rings is 2. The molecule has 2 saturated heterocycles. The predicted molar refractivity (Wildman–Crippen MR) is 122 cm³/mol. The Bertz CT molecular complexity index is 1050. The second-order valence-electron chi connectivity index (χ2n) is 7.92. The largest absolute Gasteiger partial charge is 0.507 e. The van der Waals surface area contributed by atoms with Crippen LogP contribution in [0, 0.1) is 0 Å². The summed E-state index contributed by atoms with van der Waals surface area (Å²) < 4.78 is 16.3.